The number of aryl methyl sites for hydroxylation is 1. The number of hydrogen-bond acceptors (Lipinski definition) is 2. The highest BCUT2D eigenvalue weighted by Gasteiger charge is 2.09. The van der Waals surface area contributed by atoms with Crippen molar-refractivity contribution in [3.63, 3.8) is 0 Å². The molecule has 0 radical (unpaired) electrons. The molecule has 0 saturated carbocycles. The summed E-state index contributed by atoms with van der Waals surface area (Å²) < 4.78 is 19.7. The molecular weight excluding hydrogens is 377 g/mol. The Kier molecular flexibility index (Phi) is 5.19. The van der Waals surface area contributed by atoms with E-state index >= 15 is 0 Å². The van der Waals surface area contributed by atoms with Gasteiger partial charge in [-0.05, 0) is 46.1 Å². The quantitative estimate of drug-likeness (QED) is 0.605. The summed E-state index contributed by atoms with van der Waals surface area (Å²) in [6.07, 6.45) is 0. The third kappa shape index (κ3) is 3.93. The molecule has 2 rings (SSSR count). The van der Waals surface area contributed by atoms with Crippen molar-refractivity contribution in [1.82, 2.24) is 0 Å². The summed E-state index contributed by atoms with van der Waals surface area (Å²) in [6.45, 7) is 2.25. The molecule has 0 aliphatic carbocycles. The zero-order valence-corrected chi connectivity index (χ0v) is 14.3. The van der Waals surface area contributed by atoms with Gasteiger partial charge in [0.1, 0.15) is 23.2 Å². The highest BCUT2D eigenvalue weighted by molar-refractivity contribution is 9.10. The molecule has 21 heavy (non-hydrogen) atoms. The first-order valence-electron chi connectivity index (χ1n) is 6.05. The molecule has 0 atom stereocenters. The van der Waals surface area contributed by atoms with Crippen molar-refractivity contribution in [2.45, 2.75) is 13.5 Å². The summed E-state index contributed by atoms with van der Waals surface area (Å²) in [5, 5.41) is 0.0474. The smallest absolute Gasteiger partial charge is 0.145 e. The van der Waals surface area contributed by atoms with Crippen LogP contribution in [0.3, 0.4) is 0 Å². The van der Waals surface area contributed by atoms with Crippen LogP contribution in [0.5, 0.6) is 5.75 Å². The van der Waals surface area contributed by atoms with Crippen LogP contribution in [0.1, 0.15) is 16.7 Å². The van der Waals surface area contributed by atoms with Crippen LogP contribution in [0, 0.1) is 12.7 Å². The number of nitrogens with two attached hydrogens (primary N) is 1. The van der Waals surface area contributed by atoms with Crippen LogP contribution in [-0.4, -0.2) is 4.99 Å². The summed E-state index contributed by atoms with van der Waals surface area (Å²) in [5.74, 6) is -0.120. The Morgan fingerprint density at radius 1 is 1.38 bits per heavy atom. The lowest BCUT2D eigenvalue weighted by atomic mass is 10.1. The predicted octanol–water partition coefficient (Wildman–Crippen LogP) is 4.76. The van der Waals surface area contributed by atoms with E-state index in [2.05, 4.69) is 15.9 Å². The summed E-state index contributed by atoms with van der Waals surface area (Å²) >= 11 is 13.9. The van der Waals surface area contributed by atoms with Crippen molar-refractivity contribution in [2.75, 3.05) is 0 Å². The highest BCUT2D eigenvalue weighted by atomic mass is 79.9. The standard InChI is InChI=1S/C15H12BrClFNOS/c1-8-4-9(15(19)21)2-3-10(8)7-20-14-6-13(18)12(17)5-11(14)16/h2-6H,7H2,1H3,(H2,19,21). The lowest BCUT2D eigenvalue weighted by molar-refractivity contribution is 0.302. The Morgan fingerprint density at radius 2 is 2.10 bits per heavy atom. The Bertz CT molecular complexity index is 708. The van der Waals surface area contributed by atoms with E-state index in [0.717, 1.165) is 16.7 Å². The van der Waals surface area contributed by atoms with Crippen molar-refractivity contribution < 1.29 is 9.13 Å². The molecular formula is C15H12BrClFNOS. The van der Waals surface area contributed by atoms with Gasteiger partial charge in [0.25, 0.3) is 0 Å². The molecule has 2 N–H and O–H groups in total. The van der Waals surface area contributed by atoms with Crippen LogP contribution < -0.4 is 10.5 Å². The van der Waals surface area contributed by atoms with Crippen molar-refractivity contribution in [3.8, 4) is 5.75 Å². The van der Waals surface area contributed by atoms with E-state index in [1.54, 1.807) is 0 Å². The molecule has 0 amide bonds. The maximum atomic E-state index is 13.4. The second-order valence-corrected chi connectivity index (χ2v) is 6.19. The van der Waals surface area contributed by atoms with Crippen LogP contribution in [-0.2, 0) is 6.61 Å². The second kappa shape index (κ2) is 6.73. The maximum absolute atomic E-state index is 13.4. The first-order chi connectivity index (χ1) is 9.88. The maximum Gasteiger partial charge on any atom is 0.145 e. The van der Waals surface area contributed by atoms with Crippen molar-refractivity contribution >= 4 is 44.7 Å². The van der Waals surface area contributed by atoms with Gasteiger partial charge in [-0.25, -0.2) is 4.39 Å². The number of rotatable bonds is 4. The van der Waals surface area contributed by atoms with Gasteiger partial charge in [-0.15, -0.1) is 0 Å². The lowest BCUT2D eigenvalue weighted by Gasteiger charge is -2.12. The Morgan fingerprint density at radius 3 is 2.71 bits per heavy atom. The van der Waals surface area contributed by atoms with Gasteiger partial charge >= 0.3 is 0 Å². The van der Waals surface area contributed by atoms with Gasteiger partial charge in [-0.2, -0.15) is 0 Å². The van der Waals surface area contributed by atoms with E-state index in [1.165, 1.54) is 12.1 Å². The van der Waals surface area contributed by atoms with Crippen molar-refractivity contribution in [1.29, 1.82) is 0 Å². The fraction of sp³-hybridized carbons (Fsp3) is 0.133. The minimum Gasteiger partial charge on any atom is -0.488 e. The zero-order chi connectivity index (χ0) is 15.6. The van der Waals surface area contributed by atoms with Gasteiger partial charge in [0.15, 0.2) is 0 Å². The molecule has 0 bridgehead atoms. The average molecular weight is 389 g/mol. The molecule has 110 valence electrons. The molecule has 0 aliphatic heterocycles. The van der Waals surface area contributed by atoms with Gasteiger partial charge in [-0.1, -0.05) is 36.0 Å². The number of ether oxygens (including phenoxy) is 1. The molecule has 0 unspecified atom stereocenters. The fourth-order valence-corrected chi connectivity index (χ4v) is 2.66. The summed E-state index contributed by atoms with van der Waals surface area (Å²) in [5.41, 5.74) is 8.37. The van der Waals surface area contributed by atoms with Gasteiger partial charge in [-0.3, -0.25) is 0 Å². The largest absolute Gasteiger partial charge is 0.488 e. The van der Waals surface area contributed by atoms with Gasteiger partial charge in [0.2, 0.25) is 0 Å². The van der Waals surface area contributed by atoms with E-state index in [1.807, 2.05) is 25.1 Å². The molecule has 6 heteroatoms. The minimum atomic E-state index is -0.518. The third-order valence-corrected chi connectivity index (χ3v) is 4.13. The Hall–Kier alpha value is -1.17. The minimum absolute atomic E-state index is 0.0474. The van der Waals surface area contributed by atoms with E-state index in [-0.39, 0.29) is 5.02 Å². The molecule has 0 aromatic heterocycles. The average Bonchev–Trinajstić information content (AvgIpc) is 2.42. The zero-order valence-electron chi connectivity index (χ0n) is 11.1. The Balaban J connectivity index is 2.17. The molecule has 2 nitrogen and oxygen atoms in total. The summed E-state index contributed by atoms with van der Waals surface area (Å²) in [4.78, 5) is 0.355. The van der Waals surface area contributed by atoms with E-state index < -0.39 is 5.82 Å². The topological polar surface area (TPSA) is 35.2 Å². The SMILES string of the molecule is Cc1cc(C(N)=S)ccc1COc1cc(F)c(Cl)cc1Br. The van der Waals surface area contributed by atoms with Crippen LogP contribution in [0.4, 0.5) is 4.39 Å². The van der Waals surface area contributed by atoms with E-state index in [9.17, 15) is 4.39 Å². The first-order valence-corrected chi connectivity index (χ1v) is 7.63. The highest BCUT2D eigenvalue weighted by Crippen LogP contribution is 2.31. The summed E-state index contributed by atoms with van der Waals surface area (Å²) in [7, 11) is 0. The molecule has 2 aromatic carbocycles. The van der Waals surface area contributed by atoms with Gasteiger partial charge in [0, 0.05) is 11.6 Å². The van der Waals surface area contributed by atoms with Gasteiger partial charge in [0.05, 0.1) is 9.50 Å². The number of halogens is 3. The predicted molar refractivity (Wildman–Crippen MR) is 90.5 cm³/mol. The van der Waals surface area contributed by atoms with Crippen LogP contribution in [0.15, 0.2) is 34.8 Å². The molecule has 0 aliphatic rings. The van der Waals surface area contributed by atoms with Crippen LogP contribution in [0.2, 0.25) is 5.02 Å². The van der Waals surface area contributed by atoms with Crippen LogP contribution >= 0.6 is 39.7 Å². The fourth-order valence-electron chi connectivity index (χ4n) is 1.78. The second-order valence-electron chi connectivity index (χ2n) is 4.49. The number of thiocarbonyl (C=S) groups is 1. The van der Waals surface area contributed by atoms with E-state index in [0.29, 0.717) is 21.8 Å². The monoisotopic (exact) mass is 387 g/mol. The molecule has 0 fully saturated rings. The van der Waals surface area contributed by atoms with Crippen LogP contribution in [0.25, 0.3) is 0 Å². The molecule has 2 aromatic rings. The molecule has 0 saturated heterocycles. The Labute approximate surface area is 141 Å². The third-order valence-electron chi connectivity index (χ3n) is 2.99. The van der Waals surface area contributed by atoms with Crippen molar-refractivity contribution in [2.24, 2.45) is 5.73 Å². The molecule has 0 heterocycles. The van der Waals surface area contributed by atoms with Gasteiger partial charge < -0.3 is 10.5 Å². The molecule has 0 spiro atoms. The first kappa shape index (κ1) is 16.2. The number of hydrogen-bond donors (Lipinski definition) is 1. The lowest BCUT2D eigenvalue weighted by Crippen LogP contribution is -2.10. The van der Waals surface area contributed by atoms with Crippen molar-refractivity contribution in [3.05, 3.63) is 62.3 Å². The summed E-state index contributed by atoms with van der Waals surface area (Å²) in [6, 6.07) is 8.36. The van der Waals surface area contributed by atoms with E-state index in [4.69, 9.17) is 34.3 Å². The normalized spacial score (nSPS) is 10.5. The number of benzene rings is 2.